The Morgan fingerprint density at radius 2 is 1.94 bits per heavy atom. The molecule has 0 aliphatic rings. The van der Waals surface area contributed by atoms with Crippen molar-refractivity contribution in [2.75, 3.05) is 10.6 Å². The van der Waals surface area contributed by atoms with Crippen LogP contribution in [0.2, 0.25) is 0 Å². The molecule has 0 spiro atoms. The fraction of sp³-hybridized carbons (Fsp3) is 0.125. The summed E-state index contributed by atoms with van der Waals surface area (Å²) in [6, 6.07) is 13.5. The van der Waals surface area contributed by atoms with Gasteiger partial charge in [0, 0.05) is 41.6 Å². The van der Waals surface area contributed by atoms with Crippen LogP contribution in [0.1, 0.15) is 11.4 Å². The second-order valence-electron chi connectivity index (χ2n) is 7.72. The smallest absolute Gasteiger partial charge is 0.324 e. The summed E-state index contributed by atoms with van der Waals surface area (Å²) < 4.78 is 4.06. The number of anilines is 2. The zero-order valence-corrected chi connectivity index (χ0v) is 18.2. The SMILES string of the molecule is Cc1ccc(NC(=O)Nc2cncc(-c3ccc4c(ccn4Cc4ccnn4C)c3)n2)cn1. The summed E-state index contributed by atoms with van der Waals surface area (Å²) >= 11 is 0. The van der Waals surface area contributed by atoms with Gasteiger partial charge in [-0.05, 0) is 43.3 Å². The molecule has 164 valence electrons. The van der Waals surface area contributed by atoms with Crippen molar-refractivity contribution < 1.29 is 4.79 Å². The molecule has 5 aromatic rings. The molecular formula is C24H22N8O. The maximum atomic E-state index is 12.3. The number of benzene rings is 1. The number of carbonyl (C=O) groups is 1. The first-order valence-corrected chi connectivity index (χ1v) is 10.4. The van der Waals surface area contributed by atoms with Crippen LogP contribution in [0.3, 0.4) is 0 Å². The second-order valence-corrected chi connectivity index (χ2v) is 7.72. The first kappa shape index (κ1) is 20.4. The molecule has 4 aromatic heterocycles. The minimum Gasteiger partial charge on any atom is -0.341 e. The summed E-state index contributed by atoms with van der Waals surface area (Å²) in [6.07, 6.45) is 8.67. The number of aryl methyl sites for hydroxylation is 2. The van der Waals surface area contributed by atoms with Crippen LogP contribution < -0.4 is 10.6 Å². The van der Waals surface area contributed by atoms with Crippen molar-refractivity contribution >= 4 is 28.4 Å². The molecule has 0 radical (unpaired) electrons. The first-order valence-electron chi connectivity index (χ1n) is 10.4. The number of urea groups is 1. The van der Waals surface area contributed by atoms with Gasteiger partial charge in [-0.3, -0.25) is 20.0 Å². The number of hydrogen-bond acceptors (Lipinski definition) is 5. The number of rotatable bonds is 5. The van der Waals surface area contributed by atoms with Gasteiger partial charge in [-0.15, -0.1) is 0 Å². The minimum atomic E-state index is -0.408. The molecule has 0 unspecified atom stereocenters. The molecule has 5 rings (SSSR count). The van der Waals surface area contributed by atoms with Crippen LogP contribution in [-0.4, -0.2) is 35.3 Å². The number of pyridine rings is 1. The van der Waals surface area contributed by atoms with Gasteiger partial charge < -0.3 is 9.88 Å². The van der Waals surface area contributed by atoms with E-state index in [4.69, 9.17) is 0 Å². The Balaban J connectivity index is 1.33. The Labute approximate surface area is 190 Å². The molecular weight excluding hydrogens is 416 g/mol. The maximum Gasteiger partial charge on any atom is 0.324 e. The van der Waals surface area contributed by atoms with Crippen molar-refractivity contribution in [3.05, 3.63) is 84.8 Å². The van der Waals surface area contributed by atoms with Gasteiger partial charge in [0.05, 0.1) is 42.2 Å². The van der Waals surface area contributed by atoms with E-state index in [1.54, 1.807) is 24.7 Å². The Kier molecular flexibility index (Phi) is 5.27. The lowest BCUT2D eigenvalue weighted by atomic mass is 10.1. The average molecular weight is 438 g/mol. The third kappa shape index (κ3) is 4.42. The van der Waals surface area contributed by atoms with Crippen LogP contribution in [0.5, 0.6) is 0 Å². The Morgan fingerprint density at radius 3 is 2.73 bits per heavy atom. The predicted octanol–water partition coefficient (Wildman–Crippen LogP) is 4.23. The maximum absolute atomic E-state index is 12.3. The molecule has 9 nitrogen and oxygen atoms in total. The highest BCUT2D eigenvalue weighted by atomic mass is 16.2. The van der Waals surface area contributed by atoms with E-state index in [1.165, 1.54) is 6.20 Å². The lowest BCUT2D eigenvalue weighted by Gasteiger charge is -2.09. The summed E-state index contributed by atoms with van der Waals surface area (Å²) in [5.41, 5.74) is 5.31. The number of nitrogens with zero attached hydrogens (tertiary/aromatic N) is 6. The quantitative estimate of drug-likeness (QED) is 0.428. The number of hydrogen-bond donors (Lipinski definition) is 2. The summed E-state index contributed by atoms with van der Waals surface area (Å²) in [7, 11) is 1.94. The van der Waals surface area contributed by atoms with Crippen molar-refractivity contribution in [3.63, 3.8) is 0 Å². The molecule has 9 heteroatoms. The molecule has 0 aliphatic carbocycles. The number of nitrogens with one attached hydrogen (secondary N) is 2. The fourth-order valence-corrected chi connectivity index (χ4v) is 3.61. The summed E-state index contributed by atoms with van der Waals surface area (Å²) in [5.74, 6) is 0.360. The Bertz CT molecular complexity index is 1430. The zero-order valence-electron chi connectivity index (χ0n) is 18.2. The highest BCUT2D eigenvalue weighted by Gasteiger charge is 2.09. The predicted molar refractivity (Wildman–Crippen MR) is 127 cm³/mol. The van der Waals surface area contributed by atoms with Crippen molar-refractivity contribution in [3.8, 4) is 11.3 Å². The summed E-state index contributed by atoms with van der Waals surface area (Å²) in [5, 5.41) is 10.8. The van der Waals surface area contributed by atoms with Crippen LogP contribution in [0.15, 0.2) is 73.4 Å². The van der Waals surface area contributed by atoms with Crippen molar-refractivity contribution in [2.24, 2.45) is 7.05 Å². The minimum absolute atomic E-state index is 0.360. The molecule has 2 amide bonds. The highest BCUT2D eigenvalue weighted by Crippen LogP contribution is 2.25. The molecule has 0 saturated carbocycles. The van der Waals surface area contributed by atoms with Crippen LogP contribution in [-0.2, 0) is 13.6 Å². The van der Waals surface area contributed by atoms with E-state index in [2.05, 4.69) is 59.6 Å². The third-order valence-electron chi connectivity index (χ3n) is 5.37. The van der Waals surface area contributed by atoms with Gasteiger partial charge >= 0.3 is 6.03 Å². The highest BCUT2D eigenvalue weighted by molar-refractivity contribution is 5.99. The van der Waals surface area contributed by atoms with Gasteiger partial charge in [0.1, 0.15) is 0 Å². The van der Waals surface area contributed by atoms with E-state index in [0.29, 0.717) is 17.2 Å². The van der Waals surface area contributed by atoms with E-state index in [-0.39, 0.29) is 0 Å². The number of amides is 2. The van der Waals surface area contributed by atoms with Gasteiger partial charge in [-0.25, -0.2) is 9.78 Å². The average Bonchev–Trinajstić information content (AvgIpc) is 3.41. The van der Waals surface area contributed by atoms with Gasteiger partial charge in [-0.2, -0.15) is 5.10 Å². The topological polar surface area (TPSA) is 103 Å². The normalized spacial score (nSPS) is 11.0. The molecule has 0 saturated heterocycles. The molecule has 33 heavy (non-hydrogen) atoms. The third-order valence-corrected chi connectivity index (χ3v) is 5.37. The van der Waals surface area contributed by atoms with E-state index in [0.717, 1.165) is 34.4 Å². The molecule has 0 atom stereocenters. The van der Waals surface area contributed by atoms with Crippen LogP contribution >= 0.6 is 0 Å². The fourth-order valence-electron chi connectivity index (χ4n) is 3.61. The van der Waals surface area contributed by atoms with E-state index < -0.39 is 6.03 Å². The Morgan fingerprint density at radius 1 is 1.03 bits per heavy atom. The zero-order chi connectivity index (χ0) is 22.8. The van der Waals surface area contributed by atoms with E-state index in [1.807, 2.05) is 36.9 Å². The van der Waals surface area contributed by atoms with Crippen LogP contribution in [0, 0.1) is 6.92 Å². The molecule has 4 heterocycles. The molecule has 0 bridgehead atoms. The summed E-state index contributed by atoms with van der Waals surface area (Å²) in [6.45, 7) is 2.63. The van der Waals surface area contributed by atoms with Gasteiger partial charge in [0.15, 0.2) is 5.82 Å². The lowest BCUT2D eigenvalue weighted by molar-refractivity contribution is 0.262. The van der Waals surface area contributed by atoms with Crippen molar-refractivity contribution in [1.29, 1.82) is 0 Å². The van der Waals surface area contributed by atoms with E-state index in [9.17, 15) is 4.79 Å². The van der Waals surface area contributed by atoms with Crippen LogP contribution in [0.25, 0.3) is 22.2 Å². The molecule has 1 aromatic carbocycles. The summed E-state index contributed by atoms with van der Waals surface area (Å²) in [4.78, 5) is 25.3. The van der Waals surface area contributed by atoms with Crippen molar-refractivity contribution in [2.45, 2.75) is 13.5 Å². The molecule has 0 fully saturated rings. The number of carbonyl (C=O) groups excluding carboxylic acids is 1. The van der Waals surface area contributed by atoms with Crippen molar-refractivity contribution in [1.82, 2.24) is 29.3 Å². The largest absolute Gasteiger partial charge is 0.341 e. The number of aromatic nitrogens is 6. The standard InChI is InChI=1S/C24H22N8O/c1-16-3-5-19(12-26-16)28-24(33)30-23-14-25-13-21(29-23)17-4-6-22-18(11-17)8-10-32(22)15-20-7-9-27-31(20)2/h3-14H,15H2,1-2H3,(H2,28,29,30,33). The van der Waals surface area contributed by atoms with Crippen LogP contribution in [0.4, 0.5) is 16.3 Å². The first-order chi connectivity index (χ1) is 16.0. The van der Waals surface area contributed by atoms with Gasteiger partial charge in [0.2, 0.25) is 0 Å². The monoisotopic (exact) mass is 438 g/mol. The molecule has 2 N–H and O–H groups in total. The molecule has 0 aliphatic heterocycles. The van der Waals surface area contributed by atoms with E-state index >= 15 is 0 Å². The lowest BCUT2D eigenvalue weighted by Crippen LogP contribution is -2.20. The van der Waals surface area contributed by atoms with Gasteiger partial charge in [0.25, 0.3) is 0 Å². The van der Waals surface area contributed by atoms with Gasteiger partial charge in [-0.1, -0.05) is 6.07 Å². The second kappa shape index (κ2) is 8.54. The number of fused-ring (bicyclic) bond motifs is 1. The Hall–Kier alpha value is -4.53.